The number of carbonyl (C=O) groups excluding carboxylic acids is 1. The summed E-state index contributed by atoms with van der Waals surface area (Å²) in [5.74, 6) is -0.0695. The summed E-state index contributed by atoms with van der Waals surface area (Å²) in [4.78, 5) is 14.3. The van der Waals surface area contributed by atoms with Gasteiger partial charge in [0.25, 0.3) is 5.91 Å². The highest BCUT2D eigenvalue weighted by Crippen LogP contribution is 2.19. The lowest BCUT2D eigenvalue weighted by Crippen LogP contribution is -2.51. The van der Waals surface area contributed by atoms with Crippen molar-refractivity contribution in [3.63, 3.8) is 0 Å². The predicted octanol–water partition coefficient (Wildman–Crippen LogP) is 1.22. The van der Waals surface area contributed by atoms with Gasteiger partial charge < -0.3 is 10.2 Å². The fraction of sp³-hybridized carbons (Fsp3) is 0.500. The number of benzene rings is 1. The van der Waals surface area contributed by atoms with Gasteiger partial charge in [0.1, 0.15) is 0 Å². The lowest BCUT2D eigenvalue weighted by Gasteiger charge is -2.32. The van der Waals surface area contributed by atoms with Crippen LogP contribution >= 0.6 is 12.4 Å². The van der Waals surface area contributed by atoms with Gasteiger partial charge >= 0.3 is 0 Å². The van der Waals surface area contributed by atoms with Gasteiger partial charge in [-0.3, -0.25) is 9.52 Å². The normalized spacial score (nSPS) is 18.5. The molecule has 0 saturated carbocycles. The van der Waals surface area contributed by atoms with E-state index in [1.54, 1.807) is 30.0 Å². The van der Waals surface area contributed by atoms with Crippen molar-refractivity contribution >= 4 is 34.0 Å². The third-order valence-electron chi connectivity index (χ3n) is 3.44. The summed E-state index contributed by atoms with van der Waals surface area (Å²) < 4.78 is 25.2. The lowest BCUT2D eigenvalue weighted by atomic mass is 10.1. The fourth-order valence-corrected chi connectivity index (χ4v) is 2.98. The molecule has 124 valence electrons. The summed E-state index contributed by atoms with van der Waals surface area (Å²) in [6.45, 7) is 5.92. The van der Waals surface area contributed by atoms with Crippen LogP contribution in [0, 0.1) is 6.92 Å². The number of piperazine rings is 1. The standard InChI is InChI=1S/C14H21N3O3S.ClH/c1-10-4-5-12(8-13(10)16-21(3,19)20)14(18)17-7-6-15-11(2)9-17;/h4-5,8,11,15-16H,6-7,9H2,1-3H3;1H. The zero-order chi connectivity index (χ0) is 15.6. The van der Waals surface area contributed by atoms with E-state index in [0.717, 1.165) is 18.4 Å². The molecule has 1 amide bonds. The molecule has 1 aromatic carbocycles. The topological polar surface area (TPSA) is 78.5 Å². The first-order valence-electron chi connectivity index (χ1n) is 6.87. The molecular weight excluding hydrogens is 326 g/mol. The molecule has 1 unspecified atom stereocenters. The van der Waals surface area contributed by atoms with Crippen LogP contribution in [0.4, 0.5) is 5.69 Å². The molecular formula is C14H22ClN3O3S. The first kappa shape index (κ1) is 18.7. The zero-order valence-corrected chi connectivity index (χ0v) is 14.6. The van der Waals surface area contributed by atoms with Crippen molar-refractivity contribution in [2.45, 2.75) is 19.9 Å². The number of carbonyl (C=O) groups is 1. The second-order valence-electron chi connectivity index (χ2n) is 5.51. The molecule has 1 aliphatic rings. The van der Waals surface area contributed by atoms with Gasteiger partial charge in [-0.05, 0) is 31.5 Å². The Morgan fingerprint density at radius 1 is 1.41 bits per heavy atom. The number of halogens is 1. The number of amides is 1. The third-order valence-corrected chi connectivity index (χ3v) is 4.03. The molecule has 22 heavy (non-hydrogen) atoms. The number of aryl methyl sites for hydroxylation is 1. The molecule has 8 heteroatoms. The number of hydrogen-bond donors (Lipinski definition) is 2. The number of anilines is 1. The van der Waals surface area contributed by atoms with Gasteiger partial charge in [0.2, 0.25) is 10.0 Å². The maximum atomic E-state index is 12.5. The van der Waals surface area contributed by atoms with E-state index in [-0.39, 0.29) is 24.4 Å². The molecule has 1 saturated heterocycles. The Morgan fingerprint density at radius 2 is 2.09 bits per heavy atom. The number of hydrogen-bond acceptors (Lipinski definition) is 4. The molecule has 1 aliphatic heterocycles. The second kappa shape index (κ2) is 7.30. The van der Waals surface area contributed by atoms with Crippen LogP contribution in [0.25, 0.3) is 0 Å². The molecule has 0 radical (unpaired) electrons. The number of nitrogens with zero attached hydrogens (tertiary/aromatic N) is 1. The molecule has 0 aliphatic carbocycles. The van der Waals surface area contributed by atoms with Crippen LogP contribution in [0.1, 0.15) is 22.8 Å². The Labute approximate surface area is 137 Å². The monoisotopic (exact) mass is 347 g/mol. The average Bonchev–Trinajstić information content (AvgIpc) is 2.39. The highest BCUT2D eigenvalue weighted by molar-refractivity contribution is 7.92. The predicted molar refractivity (Wildman–Crippen MR) is 90.3 cm³/mol. The summed E-state index contributed by atoms with van der Waals surface area (Å²) in [7, 11) is -3.36. The highest BCUT2D eigenvalue weighted by atomic mass is 35.5. The van der Waals surface area contributed by atoms with Crippen LogP contribution in [0.15, 0.2) is 18.2 Å². The maximum absolute atomic E-state index is 12.5. The van der Waals surface area contributed by atoms with E-state index in [9.17, 15) is 13.2 Å². The van der Waals surface area contributed by atoms with E-state index in [2.05, 4.69) is 10.0 Å². The van der Waals surface area contributed by atoms with Gasteiger partial charge in [-0.1, -0.05) is 6.07 Å². The largest absolute Gasteiger partial charge is 0.336 e. The number of nitrogens with one attached hydrogen (secondary N) is 2. The minimum atomic E-state index is -3.36. The van der Waals surface area contributed by atoms with Crippen molar-refractivity contribution in [1.29, 1.82) is 0 Å². The van der Waals surface area contributed by atoms with Gasteiger partial charge in [0.05, 0.1) is 11.9 Å². The zero-order valence-electron chi connectivity index (χ0n) is 12.9. The van der Waals surface area contributed by atoms with E-state index >= 15 is 0 Å². The smallest absolute Gasteiger partial charge is 0.254 e. The van der Waals surface area contributed by atoms with Gasteiger partial charge in [-0.2, -0.15) is 0 Å². The molecule has 0 aromatic heterocycles. The summed E-state index contributed by atoms with van der Waals surface area (Å²) in [5, 5.41) is 3.28. The highest BCUT2D eigenvalue weighted by Gasteiger charge is 2.22. The van der Waals surface area contributed by atoms with Crippen molar-refractivity contribution in [3.8, 4) is 0 Å². The van der Waals surface area contributed by atoms with Crippen LogP contribution in [-0.2, 0) is 10.0 Å². The molecule has 2 rings (SSSR count). The van der Waals surface area contributed by atoms with E-state index in [0.29, 0.717) is 24.3 Å². The van der Waals surface area contributed by atoms with E-state index in [1.165, 1.54) is 0 Å². The van der Waals surface area contributed by atoms with Crippen LogP contribution in [0.2, 0.25) is 0 Å². The SMILES string of the molecule is Cc1ccc(C(=O)N2CCNC(C)C2)cc1NS(C)(=O)=O.Cl. The summed E-state index contributed by atoms with van der Waals surface area (Å²) in [6.07, 6.45) is 1.10. The Kier molecular flexibility index (Phi) is 6.22. The molecule has 1 heterocycles. The minimum absolute atomic E-state index is 0. The van der Waals surface area contributed by atoms with Crippen LogP contribution in [0.3, 0.4) is 0 Å². The van der Waals surface area contributed by atoms with Crippen LogP contribution in [-0.4, -0.2) is 51.2 Å². The molecule has 0 bridgehead atoms. The quantitative estimate of drug-likeness (QED) is 0.861. The van der Waals surface area contributed by atoms with Crippen molar-refractivity contribution in [2.24, 2.45) is 0 Å². The van der Waals surface area contributed by atoms with Crippen molar-refractivity contribution in [1.82, 2.24) is 10.2 Å². The van der Waals surface area contributed by atoms with E-state index in [4.69, 9.17) is 0 Å². The Balaban J connectivity index is 0.00000242. The molecule has 0 spiro atoms. The minimum Gasteiger partial charge on any atom is -0.336 e. The van der Waals surface area contributed by atoms with Crippen molar-refractivity contribution in [2.75, 3.05) is 30.6 Å². The Hall–Kier alpha value is -1.31. The molecule has 6 nitrogen and oxygen atoms in total. The Morgan fingerprint density at radius 3 is 2.68 bits per heavy atom. The fourth-order valence-electron chi connectivity index (χ4n) is 2.36. The summed E-state index contributed by atoms with van der Waals surface area (Å²) in [5.41, 5.74) is 1.73. The van der Waals surface area contributed by atoms with E-state index in [1.807, 2.05) is 6.92 Å². The summed E-state index contributed by atoms with van der Waals surface area (Å²) in [6, 6.07) is 5.36. The van der Waals surface area contributed by atoms with Gasteiger partial charge in [-0.15, -0.1) is 12.4 Å². The van der Waals surface area contributed by atoms with Gasteiger partial charge in [0.15, 0.2) is 0 Å². The first-order chi connectivity index (χ1) is 9.76. The second-order valence-corrected chi connectivity index (χ2v) is 7.26. The number of rotatable bonds is 3. The van der Waals surface area contributed by atoms with Crippen LogP contribution in [0.5, 0.6) is 0 Å². The molecule has 2 N–H and O–H groups in total. The third kappa shape index (κ3) is 4.86. The van der Waals surface area contributed by atoms with E-state index < -0.39 is 10.0 Å². The Bertz CT molecular complexity index is 649. The average molecular weight is 348 g/mol. The van der Waals surface area contributed by atoms with Gasteiger partial charge in [-0.25, -0.2) is 8.42 Å². The summed E-state index contributed by atoms with van der Waals surface area (Å²) >= 11 is 0. The van der Waals surface area contributed by atoms with Crippen molar-refractivity contribution in [3.05, 3.63) is 29.3 Å². The lowest BCUT2D eigenvalue weighted by molar-refractivity contribution is 0.0709. The maximum Gasteiger partial charge on any atom is 0.254 e. The van der Waals surface area contributed by atoms with Crippen molar-refractivity contribution < 1.29 is 13.2 Å². The molecule has 1 atom stereocenters. The van der Waals surface area contributed by atoms with Crippen LogP contribution < -0.4 is 10.0 Å². The first-order valence-corrected chi connectivity index (χ1v) is 8.76. The number of sulfonamides is 1. The van der Waals surface area contributed by atoms with Gasteiger partial charge in [0, 0.05) is 31.2 Å². The molecule has 1 fully saturated rings. The molecule has 1 aromatic rings.